The van der Waals surface area contributed by atoms with E-state index in [1.165, 1.54) is 0 Å². The van der Waals surface area contributed by atoms with Crippen molar-refractivity contribution in [3.05, 3.63) is 12.7 Å². The number of nitrogens with two attached hydrogens (primary N) is 1. The number of rotatable bonds is 4. The standard InChI is InChI=1S/C13H23N3O2/c1-2-5-15-6-8-16(9-7-15)13(17)12-4-3-11(10-14)18-12/h2,11-12H,1,3-10,14H2. The number of ether oxygens (including phenoxy) is 1. The highest BCUT2D eigenvalue weighted by molar-refractivity contribution is 5.81. The Balaban J connectivity index is 1.79. The Labute approximate surface area is 109 Å². The van der Waals surface area contributed by atoms with Crippen LogP contribution in [0.3, 0.4) is 0 Å². The van der Waals surface area contributed by atoms with E-state index >= 15 is 0 Å². The first-order valence-corrected chi connectivity index (χ1v) is 6.72. The van der Waals surface area contributed by atoms with Crippen LogP contribution >= 0.6 is 0 Å². The number of carbonyl (C=O) groups excluding carboxylic acids is 1. The molecule has 0 bridgehead atoms. The van der Waals surface area contributed by atoms with E-state index in [2.05, 4.69) is 11.5 Å². The second-order valence-electron chi connectivity index (χ2n) is 4.97. The quantitative estimate of drug-likeness (QED) is 0.706. The summed E-state index contributed by atoms with van der Waals surface area (Å²) in [6.07, 6.45) is 3.44. The summed E-state index contributed by atoms with van der Waals surface area (Å²) < 4.78 is 5.65. The van der Waals surface area contributed by atoms with Gasteiger partial charge in [-0.25, -0.2) is 0 Å². The van der Waals surface area contributed by atoms with E-state index in [0.29, 0.717) is 6.54 Å². The van der Waals surface area contributed by atoms with Gasteiger partial charge in [-0.05, 0) is 12.8 Å². The molecule has 5 nitrogen and oxygen atoms in total. The number of hydrogen-bond acceptors (Lipinski definition) is 4. The van der Waals surface area contributed by atoms with E-state index in [4.69, 9.17) is 10.5 Å². The maximum Gasteiger partial charge on any atom is 0.251 e. The van der Waals surface area contributed by atoms with Crippen molar-refractivity contribution in [2.75, 3.05) is 39.3 Å². The van der Waals surface area contributed by atoms with Crippen molar-refractivity contribution in [2.45, 2.75) is 25.0 Å². The molecule has 0 aliphatic carbocycles. The minimum Gasteiger partial charge on any atom is -0.364 e. The maximum atomic E-state index is 12.2. The van der Waals surface area contributed by atoms with Gasteiger partial charge in [0.1, 0.15) is 6.10 Å². The second-order valence-corrected chi connectivity index (χ2v) is 4.97. The van der Waals surface area contributed by atoms with Gasteiger partial charge in [0, 0.05) is 39.3 Å². The van der Waals surface area contributed by atoms with Gasteiger partial charge in [0.25, 0.3) is 5.91 Å². The van der Waals surface area contributed by atoms with Crippen molar-refractivity contribution in [3.8, 4) is 0 Å². The van der Waals surface area contributed by atoms with Crippen LogP contribution in [0.25, 0.3) is 0 Å². The van der Waals surface area contributed by atoms with Crippen molar-refractivity contribution in [1.29, 1.82) is 0 Å². The van der Waals surface area contributed by atoms with E-state index in [0.717, 1.165) is 45.6 Å². The average Bonchev–Trinajstić information content (AvgIpc) is 2.88. The second kappa shape index (κ2) is 6.31. The third kappa shape index (κ3) is 3.10. The molecule has 2 aliphatic heterocycles. The highest BCUT2D eigenvalue weighted by atomic mass is 16.5. The van der Waals surface area contributed by atoms with Gasteiger partial charge in [-0.1, -0.05) is 6.08 Å². The Morgan fingerprint density at radius 2 is 2.06 bits per heavy atom. The lowest BCUT2D eigenvalue weighted by molar-refractivity contribution is -0.144. The summed E-state index contributed by atoms with van der Waals surface area (Å²) in [5.41, 5.74) is 5.56. The first-order chi connectivity index (χ1) is 8.74. The number of carbonyl (C=O) groups is 1. The lowest BCUT2D eigenvalue weighted by Gasteiger charge is -2.35. The fraction of sp³-hybridized carbons (Fsp3) is 0.769. The zero-order chi connectivity index (χ0) is 13.0. The number of amides is 1. The summed E-state index contributed by atoms with van der Waals surface area (Å²) in [5.74, 6) is 0.143. The minimum absolute atomic E-state index is 0.0704. The fourth-order valence-electron chi connectivity index (χ4n) is 2.60. The van der Waals surface area contributed by atoms with Crippen LogP contribution in [0.2, 0.25) is 0 Å². The normalized spacial score (nSPS) is 29.5. The summed E-state index contributed by atoms with van der Waals surface area (Å²) in [5, 5.41) is 0. The highest BCUT2D eigenvalue weighted by Gasteiger charge is 2.33. The summed E-state index contributed by atoms with van der Waals surface area (Å²) in [6.45, 7) is 8.57. The Morgan fingerprint density at radius 1 is 1.33 bits per heavy atom. The molecule has 2 aliphatic rings. The molecular weight excluding hydrogens is 230 g/mol. The van der Waals surface area contributed by atoms with Crippen LogP contribution in [-0.2, 0) is 9.53 Å². The Kier molecular flexibility index (Phi) is 4.74. The van der Waals surface area contributed by atoms with Gasteiger partial charge in [0.05, 0.1) is 6.10 Å². The molecule has 2 N–H and O–H groups in total. The Morgan fingerprint density at radius 3 is 2.61 bits per heavy atom. The van der Waals surface area contributed by atoms with Crippen LogP contribution in [0.1, 0.15) is 12.8 Å². The van der Waals surface area contributed by atoms with Crippen molar-refractivity contribution in [1.82, 2.24) is 9.80 Å². The monoisotopic (exact) mass is 253 g/mol. The molecule has 0 aromatic rings. The summed E-state index contributed by atoms with van der Waals surface area (Å²) in [4.78, 5) is 16.5. The number of nitrogens with zero attached hydrogens (tertiary/aromatic N) is 2. The first-order valence-electron chi connectivity index (χ1n) is 6.72. The van der Waals surface area contributed by atoms with E-state index < -0.39 is 0 Å². The molecule has 5 heteroatoms. The molecule has 0 saturated carbocycles. The lowest BCUT2D eigenvalue weighted by Crippen LogP contribution is -2.51. The van der Waals surface area contributed by atoms with Gasteiger partial charge in [0.15, 0.2) is 0 Å². The van der Waals surface area contributed by atoms with E-state index in [1.54, 1.807) is 0 Å². The zero-order valence-corrected chi connectivity index (χ0v) is 10.9. The SMILES string of the molecule is C=CCN1CCN(C(=O)C2CCC(CN)O2)CC1. The molecule has 0 aromatic carbocycles. The molecule has 2 saturated heterocycles. The fourth-order valence-corrected chi connectivity index (χ4v) is 2.60. The molecule has 0 radical (unpaired) electrons. The van der Waals surface area contributed by atoms with Crippen molar-refractivity contribution < 1.29 is 9.53 Å². The van der Waals surface area contributed by atoms with Crippen LogP contribution in [-0.4, -0.2) is 67.2 Å². The largest absolute Gasteiger partial charge is 0.364 e. The number of hydrogen-bond donors (Lipinski definition) is 1. The summed E-state index contributed by atoms with van der Waals surface area (Å²) in [6, 6.07) is 0. The Hall–Kier alpha value is -0.910. The minimum atomic E-state index is -0.260. The summed E-state index contributed by atoms with van der Waals surface area (Å²) in [7, 11) is 0. The molecule has 1 amide bonds. The van der Waals surface area contributed by atoms with E-state index in [-0.39, 0.29) is 18.1 Å². The molecule has 0 spiro atoms. The van der Waals surface area contributed by atoms with Gasteiger partial charge in [-0.15, -0.1) is 6.58 Å². The predicted octanol–water partition coefficient (Wildman–Crippen LogP) is -0.177. The van der Waals surface area contributed by atoms with Crippen LogP contribution in [0, 0.1) is 0 Å². The Bertz CT molecular complexity index is 301. The molecule has 2 fully saturated rings. The van der Waals surface area contributed by atoms with Gasteiger partial charge >= 0.3 is 0 Å². The van der Waals surface area contributed by atoms with Crippen molar-refractivity contribution in [2.24, 2.45) is 5.73 Å². The topological polar surface area (TPSA) is 58.8 Å². The average molecular weight is 253 g/mol. The van der Waals surface area contributed by atoms with Gasteiger partial charge in [-0.2, -0.15) is 0 Å². The van der Waals surface area contributed by atoms with Gasteiger partial charge in [0.2, 0.25) is 0 Å². The highest BCUT2D eigenvalue weighted by Crippen LogP contribution is 2.21. The lowest BCUT2D eigenvalue weighted by atomic mass is 10.1. The first kappa shape index (κ1) is 13.5. The molecule has 2 unspecified atom stereocenters. The predicted molar refractivity (Wildman–Crippen MR) is 70.2 cm³/mol. The van der Waals surface area contributed by atoms with Crippen LogP contribution in [0.15, 0.2) is 12.7 Å². The smallest absolute Gasteiger partial charge is 0.251 e. The third-order valence-electron chi connectivity index (χ3n) is 3.72. The molecule has 0 aromatic heterocycles. The van der Waals surface area contributed by atoms with E-state index in [9.17, 15) is 4.79 Å². The molecule has 2 heterocycles. The third-order valence-corrected chi connectivity index (χ3v) is 3.72. The zero-order valence-electron chi connectivity index (χ0n) is 10.9. The van der Waals surface area contributed by atoms with Crippen molar-refractivity contribution in [3.63, 3.8) is 0 Å². The van der Waals surface area contributed by atoms with Crippen LogP contribution < -0.4 is 5.73 Å². The van der Waals surface area contributed by atoms with Gasteiger partial charge < -0.3 is 15.4 Å². The number of piperazine rings is 1. The van der Waals surface area contributed by atoms with E-state index in [1.807, 2.05) is 11.0 Å². The molecular formula is C13H23N3O2. The summed E-state index contributed by atoms with van der Waals surface area (Å²) >= 11 is 0. The van der Waals surface area contributed by atoms with Gasteiger partial charge in [-0.3, -0.25) is 9.69 Å². The molecule has 2 rings (SSSR count). The van der Waals surface area contributed by atoms with Crippen LogP contribution in [0.4, 0.5) is 0 Å². The molecule has 102 valence electrons. The maximum absolute atomic E-state index is 12.2. The van der Waals surface area contributed by atoms with Crippen molar-refractivity contribution >= 4 is 5.91 Å². The molecule has 18 heavy (non-hydrogen) atoms. The van der Waals surface area contributed by atoms with Crippen LogP contribution in [0.5, 0.6) is 0 Å². The molecule has 2 atom stereocenters.